The zero-order chi connectivity index (χ0) is 20.1. The number of amides is 2. The van der Waals surface area contributed by atoms with Crippen molar-refractivity contribution in [3.8, 4) is 0 Å². The van der Waals surface area contributed by atoms with E-state index >= 15 is 0 Å². The van der Waals surface area contributed by atoms with Gasteiger partial charge in [0, 0.05) is 11.6 Å². The van der Waals surface area contributed by atoms with Crippen LogP contribution in [-0.2, 0) is 16.0 Å². The minimum absolute atomic E-state index is 0.0194. The molecule has 3 heterocycles. The van der Waals surface area contributed by atoms with E-state index in [4.69, 9.17) is 0 Å². The third-order valence-electron chi connectivity index (χ3n) is 6.78. The van der Waals surface area contributed by atoms with Gasteiger partial charge in [-0.1, -0.05) is 49.4 Å². The van der Waals surface area contributed by atoms with Gasteiger partial charge in [-0.05, 0) is 43.5 Å². The van der Waals surface area contributed by atoms with Crippen molar-refractivity contribution in [2.75, 3.05) is 11.4 Å². The molecule has 29 heavy (non-hydrogen) atoms. The number of hydrogen-bond donors (Lipinski definition) is 0. The Hall–Kier alpha value is -2.79. The molecule has 3 aliphatic rings. The highest BCUT2D eigenvalue weighted by Crippen LogP contribution is 2.48. The van der Waals surface area contributed by atoms with Gasteiger partial charge in [0.2, 0.25) is 11.8 Å². The molecule has 2 aromatic carbocycles. The Kier molecular flexibility index (Phi) is 4.36. The Morgan fingerprint density at radius 1 is 0.966 bits per heavy atom. The second-order valence-corrected chi connectivity index (χ2v) is 8.21. The SMILES string of the molecule is CCc1ccc(N2C(=O)[C@@H]3[C@@H](C2=O)[C@@H]2CCCN2[C@@H]3C(=O)c2ccccc2)cc1. The maximum Gasteiger partial charge on any atom is 0.239 e. The van der Waals surface area contributed by atoms with Crippen LogP contribution in [-0.4, -0.2) is 41.1 Å². The highest BCUT2D eigenvalue weighted by atomic mass is 16.2. The van der Waals surface area contributed by atoms with Crippen LogP contribution in [0.15, 0.2) is 54.6 Å². The number of fused-ring (bicyclic) bond motifs is 3. The molecule has 5 heteroatoms. The van der Waals surface area contributed by atoms with Crippen molar-refractivity contribution >= 4 is 23.3 Å². The van der Waals surface area contributed by atoms with E-state index in [9.17, 15) is 14.4 Å². The third kappa shape index (κ3) is 2.68. The fraction of sp³-hybridized carbons (Fsp3) is 0.375. The Bertz CT molecular complexity index is 969. The molecule has 0 N–H and O–H groups in total. The van der Waals surface area contributed by atoms with E-state index in [-0.39, 0.29) is 23.6 Å². The van der Waals surface area contributed by atoms with Crippen LogP contribution in [0.3, 0.4) is 0 Å². The minimum atomic E-state index is -0.591. The molecule has 0 aliphatic carbocycles. The molecule has 5 nitrogen and oxygen atoms in total. The van der Waals surface area contributed by atoms with E-state index < -0.39 is 17.9 Å². The van der Waals surface area contributed by atoms with Crippen molar-refractivity contribution in [3.05, 3.63) is 65.7 Å². The average Bonchev–Trinajstić information content (AvgIpc) is 3.40. The number of Topliss-reactive ketones (excluding diaryl/α,β-unsaturated/α-hetero) is 1. The third-order valence-corrected chi connectivity index (χ3v) is 6.78. The zero-order valence-electron chi connectivity index (χ0n) is 16.5. The quantitative estimate of drug-likeness (QED) is 0.597. The summed E-state index contributed by atoms with van der Waals surface area (Å²) in [6.45, 7) is 2.84. The molecule has 3 fully saturated rings. The highest BCUT2D eigenvalue weighted by molar-refractivity contribution is 6.24. The molecule has 0 unspecified atom stereocenters. The van der Waals surface area contributed by atoms with Gasteiger partial charge in [0.1, 0.15) is 0 Å². The van der Waals surface area contributed by atoms with E-state index in [0.29, 0.717) is 11.3 Å². The molecule has 2 amide bonds. The summed E-state index contributed by atoms with van der Waals surface area (Å²) in [5, 5.41) is 0. The Balaban J connectivity index is 1.53. The first-order chi connectivity index (χ1) is 14.1. The summed E-state index contributed by atoms with van der Waals surface area (Å²) in [6.07, 6.45) is 2.72. The molecule has 0 bridgehead atoms. The summed E-state index contributed by atoms with van der Waals surface area (Å²) in [4.78, 5) is 43.7. The topological polar surface area (TPSA) is 57.7 Å². The first kappa shape index (κ1) is 18.3. The Morgan fingerprint density at radius 3 is 2.34 bits per heavy atom. The molecule has 148 valence electrons. The van der Waals surface area contributed by atoms with E-state index in [1.165, 1.54) is 4.90 Å². The number of carbonyl (C=O) groups excluding carboxylic acids is 3. The van der Waals surface area contributed by atoms with Gasteiger partial charge in [-0.3, -0.25) is 19.3 Å². The standard InChI is InChI=1S/C24H24N2O3/c1-2-15-10-12-17(13-11-15)26-23(28)19-18-9-6-14-25(18)21(20(19)24(26)29)22(27)16-7-4-3-5-8-16/h3-5,7-8,10-13,18-21H,2,6,9,14H2,1H3/t18-,19-,20+,21-/m0/s1. The predicted octanol–water partition coefficient (Wildman–Crippen LogP) is 3.08. The largest absolute Gasteiger partial charge is 0.292 e. The summed E-state index contributed by atoms with van der Waals surface area (Å²) in [7, 11) is 0. The summed E-state index contributed by atoms with van der Waals surface area (Å²) in [5.41, 5.74) is 2.38. The number of benzene rings is 2. The van der Waals surface area contributed by atoms with E-state index in [0.717, 1.165) is 31.4 Å². The number of nitrogens with zero attached hydrogens (tertiary/aromatic N) is 2. The normalized spacial score (nSPS) is 28.7. The first-order valence-corrected chi connectivity index (χ1v) is 10.4. The minimum Gasteiger partial charge on any atom is -0.292 e. The molecule has 3 aliphatic heterocycles. The van der Waals surface area contributed by atoms with Crippen molar-refractivity contribution in [1.82, 2.24) is 4.90 Å². The monoisotopic (exact) mass is 388 g/mol. The summed E-state index contributed by atoms with van der Waals surface area (Å²) in [6, 6.07) is 16.2. The van der Waals surface area contributed by atoms with Crippen LogP contribution >= 0.6 is 0 Å². The lowest BCUT2D eigenvalue weighted by Gasteiger charge is -2.27. The van der Waals surface area contributed by atoms with Gasteiger partial charge in [0.05, 0.1) is 23.6 Å². The predicted molar refractivity (Wildman–Crippen MR) is 110 cm³/mol. The van der Waals surface area contributed by atoms with Crippen LogP contribution in [0.4, 0.5) is 5.69 Å². The lowest BCUT2D eigenvalue weighted by molar-refractivity contribution is -0.123. The smallest absolute Gasteiger partial charge is 0.239 e. The zero-order valence-corrected chi connectivity index (χ0v) is 16.5. The van der Waals surface area contributed by atoms with Gasteiger partial charge in [-0.2, -0.15) is 0 Å². The lowest BCUT2D eigenvalue weighted by Crippen LogP contribution is -2.46. The van der Waals surface area contributed by atoms with Gasteiger partial charge >= 0.3 is 0 Å². The van der Waals surface area contributed by atoms with Crippen LogP contribution < -0.4 is 4.90 Å². The molecular weight excluding hydrogens is 364 g/mol. The molecular formula is C24H24N2O3. The van der Waals surface area contributed by atoms with Crippen LogP contribution in [0.5, 0.6) is 0 Å². The molecule has 2 aromatic rings. The van der Waals surface area contributed by atoms with Gasteiger partial charge in [-0.15, -0.1) is 0 Å². The number of anilines is 1. The molecule has 0 spiro atoms. The summed E-state index contributed by atoms with van der Waals surface area (Å²) >= 11 is 0. The van der Waals surface area contributed by atoms with Crippen LogP contribution in [0.25, 0.3) is 0 Å². The van der Waals surface area contributed by atoms with Crippen molar-refractivity contribution in [2.45, 2.75) is 38.3 Å². The number of aryl methyl sites for hydroxylation is 1. The van der Waals surface area contributed by atoms with Crippen LogP contribution in [0.1, 0.15) is 35.7 Å². The number of ketones is 1. The highest BCUT2D eigenvalue weighted by Gasteiger charge is 2.64. The lowest BCUT2D eigenvalue weighted by atomic mass is 9.85. The number of hydrogen-bond acceptors (Lipinski definition) is 4. The van der Waals surface area contributed by atoms with Crippen LogP contribution in [0, 0.1) is 11.8 Å². The Morgan fingerprint density at radius 2 is 1.66 bits per heavy atom. The van der Waals surface area contributed by atoms with Crippen molar-refractivity contribution in [3.63, 3.8) is 0 Å². The number of carbonyl (C=O) groups is 3. The molecule has 0 saturated carbocycles. The fourth-order valence-corrected chi connectivity index (χ4v) is 5.42. The fourth-order valence-electron chi connectivity index (χ4n) is 5.42. The van der Waals surface area contributed by atoms with E-state index in [1.807, 2.05) is 42.5 Å². The Labute approximate surface area is 170 Å². The average molecular weight is 388 g/mol. The maximum atomic E-state index is 13.5. The summed E-state index contributed by atoms with van der Waals surface area (Å²) < 4.78 is 0. The number of imide groups is 1. The van der Waals surface area contributed by atoms with Crippen molar-refractivity contribution < 1.29 is 14.4 Å². The molecule has 0 aromatic heterocycles. The van der Waals surface area contributed by atoms with Gasteiger partial charge in [0.25, 0.3) is 0 Å². The number of rotatable bonds is 4. The first-order valence-electron chi connectivity index (χ1n) is 10.4. The molecule has 3 saturated heterocycles. The van der Waals surface area contributed by atoms with Gasteiger partial charge in [-0.25, -0.2) is 4.90 Å². The van der Waals surface area contributed by atoms with E-state index in [1.54, 1.807) is 12.1 Å². The summed E-state index contributed by atoms with van der Waals surface area (Å²) in [5.74, 6) is -1.44. The van der Waals surface area contributed by atoms with E-state index in [2.05, 4.69) is 11.8 Å². The molecule has 4 atom stereocenters. The van der Waals surface area contributed by atoms with Crippen molar-refractivity contribution in [1.29, 1.82) is 0 Å². The van der Waals surface area contributed by atoms with Gasteiger partial charge in [0.15, 0.2) is 5.78 Å². The second-order valence-electron chi connectivity index (χ2n) is 8.21. The molecule has 5 rings (SSSR count). The maximum absolute atomic E-state index is 13.5. The second kappa shape index (κ2) is 6.92. The van der Waals surface area contributed by atoms with Crippen molar-refractivity contribution in [2.24, 2.45) is 11.8 Å². The van der Waals surface area contributed by atoms with Gasteiger partial charge < -0.3 is 0 Å². The van der Waals surface area contributed by atoms with Crippen LogP contribution in [0.2, 0.25) is 0 Å². The molecule has 0 radical (unpaired) electrons.